The van der Waals surface area contributed by atoms with Crippen LogP contribution in [0, 0.1) is 6.92 Å². The van der Waals surface area contributed by atoms with E-state index in [0.29, 0.717) is 5.56 Å². The zero-order valence-electron chi connectivity index (χ0n) is 7.47. The van der Waals surface area contributed by atoms with E-state index in [0.717, 1.165) is 20.9 Å². The van der Waals surface area contributed by atoms with E-state index >= 15 is 0 Å². The van der Waals surface area contributed by atoms with Crippen molar-refractivity contribution in [2.75, 3.05) is 0 Å². The van der Waals surface area contributed by atoms with Gasteiger partial charge in [0.25, 0.3) is 0 Å². The summed E-state index contributed by atoms with van der Waals surface area (Å²) in [7, 11) is 0. The van der Waals surface area contributed by atoms with Gasteiger partial charge < -0.3 is 10.1 Å². The molecule has 1 aromatic heterocycles. The molecule has 0 aliphatic carbocycles. The highest BCUT2D eigenvalue weighted by molar-refractivity contribution is 9.10. The van der Waals surface area contributed by atoms with Gasteiger partial charge in [-0.1, -0.05) is 15.9 Å². The summed E-state index contributed by atoms with van der Waals surface area (Å²) >= 11 is 3.36. The third kappa shape index (κ3) is 1.32. The molecule has 1 heterocycles. The van der Waals surface area contributed by atoms with Gasteiger partial charge in [-0.25, -0.2) is 4.79 Å². The molecule has 0 spiro atoms. The van der Waals surface area contributed by atoms with Gasteiger partial charge in [-0.05, 0) is 24.6 Å². The fourth-order valence-corrected chi connectivity index (χ4v) is 2.31. The van der Waals surface area contributed by atoms with Crippen LogP contribution in [0.3, 0.4) is 0 Å². The van der Waals surface area contributed by atoms with Crippen molar-refractivity contribution in [1.82, 2.24) is 4.98 Å². The van der Waals surface area contributed by atoms with Crippen molar-refractivity contribution < 1.29 is 9.90 Å². The number of benzene rings is 1. The van der Waals surface area contributed by atoms with Crippen LogP contribution < -0.4 is 0 Å². The topological polar surface area (TPSA) is 53.1 Å². The van der Waals surface area contributed by atoms with Gasteiger partial charge in [-0.15, -0.1) is 0 Å². The fraction of sp³-hybridized carbons (Fsp3) is 0.100. The average molecular weight is 254 g/mol. The molecule has 2 N–H and O–H groups in total. The van der Waals surface area contributed by atoms with E-state index < -0.39 is 5.97 Å². The number of aromatic amines is 1. The summed E-state index contributed by atoms with van der Waals surface area (Å²) < 4.78 is 0.811. The van der Waals surface area contributed by atoms with Crippen molar-refractivity contribution in [3.05, 3.63) is 33.9 Å². The lowest BCUT2D eigenvalue weighted by atomic mass is 10.1. The van der Waals surface area contributed by atoms with Crippen LogP contribution in [0.15, 0.2) is 22.8 Å². The van der Waals surface area contributed by atoms with Crippen LogP contribution >= 0.6 is 15.9 Å². The molecular weight excluding hydrogens is 246 g/mol. The lowest BCUT2D eigenvalue weighted by Crippen LogP contribution is -1.94. The monoisotopic (exact) mass is 253 g/mol. The minimum Gasteiger partial charge on any atom is -0.478 e. The Morgan fingerprint density at radius 1 is 1.50 bits per heavy atom. The molecule has 0 saturated carbocycles. The minimum atomic E-state index is -0.916. The number of halogens is 1. The summed E-state index contributed by atoms with van der Waals surface area (Å²) in [5.74, 6) is -0.916. The van der Waals surface area contributed by atoms with Gasteiger partial charge in [0.2, 0.25) is 0 Å². The van der Waals surface area contributed by atoms with Gasteiger partial charge in [-0.3, -0.25) is 0 Å². The Hall–Kier alpha value is -1.29. The van der Waals surface area contributed by atoms with E-state index in [1.807, 2.05) is 19.1 Å². The van der Waals surface area contributed by atoms with Crippen molar-refractivity contribution in [2.45, 2.75) is 6.92 Å². The molecule has 0 atom stereocenters. The SMILES string of the molecule is Cc1cc(Br)c2c(C(=O)O)c[nH]c2c1. The predicted octanol–water partition coefficient (Wildman–Crippen LogP) is 2.94. The number of carboxylic acid groups (broad SMARTS) is 1. The highest BCUT2D eigenvalue weighted by Crippen LogP contribution is 2.28. The van der Waals surface area contributed by atoms with Crippen molar-refractivity contribution in [3.8, 4) is 0 Å². The number of aromatic carboxylic acids is 1. The van der Waals surface area contributed by atoms with E-state index in [1.54, 1.807) is 0 Å². The number of carboxylic acids is 1. The molecule has 0 aliphatic rings. The Balaban J connectivity index is 2.85. The van der Waals surface area contributed by atoms with Crippen LogP contribution in [0.1, 0.15) is 15.9 Å². The quantitative estimate of drug-likeness (QED) is 0.821. The lowest BCUT2D eigenvalue weighted by Gasteiger charge is -1.98. The van der Waals surface area contributed by atoms with Crippen LogP contribution in [0.2, 0.25) is 0 Å². The van der Waals surface area contributed by atoms with Crippen LogP contribution in [0.25, 0.3) is 10.9 Å². The standard InChI is InChI=1S/C10H8BrNO2/c1-5-2-7(11)9-6(10(13)14)4-12-8(9)3-5/h2-4,12H,1H3,(H,13,14). The minimum absolute atomic E-state index is 0.298. The molecule has 0 radical (unpaired) electrons. The molecule has 0 fully saturated rings. The van der Waals surface area contributed by atoms with E-state index in [9.17, 15) is 4.79 Å². The normalized spacial score (nSPS) is 10.7. The van der Waals surface area contributed by atoms with Gasteiger partial charge in [0.15, 0.2) is 0 Å². The lowest BCUT2D eigenvalue weighted by molar-refractivity contribution is 0.0699. The summed E-state index contributed by atoms with van der Waals surface area (Å²) in [4.78, 5) is 13.8. The first kappa shape index (κ1) is 9.27. The zero-order valence-corrected chi connectivity index (χ0v) is 9.05. The van der Waals surface area contributed by atoms with E-state index in [4.69, 9.17) is 5.11 Å². The molecule has 0 unspecified atom stereocenters. The van der Waals surface area contributed by atoms with E-state index in [2.05, 4.69) is 20.9 Å². The van der Waals surface area contributed by atoms with Crippen molar-refractivity contribution in [1.29, 1.82) is 0 Å². The molecule has 4 heteroatoms. The molecule has 0 aliphatic heterocycles. The van der Waals surface area contributed by atoms with Crippen molar-refractivity contribution >= 4 is 32.8 Å². The van der Waals surface area contributed by atoms with E-state index in [1.165, 1.54) is 6.20 Å². The third-order valence-corrected chi connectivity index (χ3v) is 2.73. The maximum absolute atomic E-state index is 10.9. The van der Waals surface area contributed by atoms with Crippen LogP contribution in [-0.2, 0) is 0 Å². The maximum Gasteiger partial charge on any atom is 0.337 e. The summed E-state index contributed by atoms with van der Waals surface area (Å²) in [5.41, 5.74) is 2.23. The molecule has 72 valence electrons. The Bertz CT molecular complexity index is 516. The maximum atomic E-state index is 10.9. The molecule has 14 heavy (non-hydrogen) atoms. The predicted molar refractivity (Wildman–Crippen MR) is 57.7 cm³/mol. The second kappa shape index (κ2) is 3.13. The molecule has 1 aromatic carbocycles. The number of hydrogen-bond donors (Lipinski definition) is 2. The second-order valence-electron chi connectivity index (χ2n) is 3.18. The Labute approximate surface area is 88.9 Å². The smallest absolute Gasteiger partial charge is 0.337 e. The number of carbonyl (C=O) groups is 1. The zero-order chi connectivity index (χ0) is 10.3. The van der Waals surface area contributed by atoms with Gasteiger partial charge in [0.05, 0.1) is 5.56 Å². The second-order valence-corrected chi connectivity index (χ2v) is 4.03. The van der Waals surface area contributed by atoms with Crippen molar-refractivity contribution in [3.63, 3.8) is 0 Å². The molecule has 2 rings (SSSR count). The summed E-state index contributed by atoms with van der Waals surface area (Å²) in [5, 5.41) is 9.65. The van der Waals surface area contributed by atoms with Gasteiger partial charge in [0, 0.05) is 21.6 Å². The number of fused-ring (bicyclic) bond motifs is 1. The number of aryl methyl sites for hydroxylation is 1. The van der Waals surface area contributed by atoms with Crippen LogP contribution in [0.4, 0.5) is 0 Å². The van der Waals surface area contributed by atoms with Crippen LogP contribution in [0.5, 0.6) is 0 Å². The number of aromatic nitrogens is 1. The summed E-state index contributed by atoms with van der Waals surface area (Å²) in [6.45, 7) is 1.96. The number of H-pyrrole nitrogens is 1. The highest BCUT2D eigenvalue weighted by atomic mass is 79.9. The largest absolute Gasteiger partial charge is 0.478 e. The average Bonchev–Trinajstić information content (AvgIpc) is 2.47. The molecular formula is C10H8BrNO2. The Morgan fingerprint density at radius 3 is 2.86 bits per heavy atom. The first-order chi connectivity index (χ1) is 6.59. The summed E-state index contributed by atoms with van der Waals surface area (Å²) in [6.07, 6.45) is 1.51. The molecule has 0 bridgehead atoms. The Kier molecular flexibility index (Phi) is 2.07. The van der Waals surface area contributed by atoms with Gasteiger partial charge in [0.1, 0.15) is 0 Å². The molecule has 3 nitrogen and oxygen atoms in total. The molecule has 2 aromatic rings. The Morgan fingerprint density at radius 2 is 2.21 bits per heavy atom. The first-order valence-electron chi connectivity index (χ1n) is 4.10. The molecule has 0 amide bonds. The van der Waals surface area contributed by atoms with Crippen molar-refractivity contribution in [2.24, 2.45) is 0 Å². The number of nitrogens with one attached hydrogen (secondary N) is 1. The summed E-state index contributed by atoms with van der Waals surface area (Å²) in [6, 6.07) is 3.83. The fourth-order valence-electron chi connectivity index (χ4n) is 1.52. The molecule has 0 saturated heterocycles. The van der Waals surface area contributed by atoms with Gasteiger partial charge in [-0.2, -0.15) is 0 Å². The highest BCUT2D eigenvalue weighted by Gasteiger charge is 2.13. The van der Waals surface area contributed by atoms with E-state index in [-0.39, 0.29) is 0 Å². The number of rotatable bonds is 1. The first-order valence-corrected chi connectivity index (χ1v) is 4.89. The van der Waals surface area contributed by atoms with Gasteiger partial charge >= 0.3 is 5.97 Å². The van der Waals surface area contributed by atoms with Crippen LogP contribution in [-0.4, -0.2) is 16.1 Å². The third-order valence-electron chi connectivity index (χ3n) is 2.11. The number of hydrogen-bond acceptors (Lipinski definition) is 1.